The molecule has 0 radical (unpaired) electrons. The van der Waals surface area contributed by atoms with Crippen LogP contribution in [-0.4, -0.2) is 34.7 Å². The lowest BCUT2D eigenvalue weighted by atomic mass is 10.3. The highest BCUT2D eigenvalue weighted by atomic mass is 32.2. The van der Waals surface area contributed by atoms with E-state index in [-0.39, 0.29) is 5.56 Å². The van der Waals surface area contributed by atoms with Gasteiger partial charge in [-0.25, -0.2) is 4.79 Å². The Morgan fingerprint density at radius 2 is 2.43 bits per heavy atom. The van der Waals surface area contributed by atoms with Gasteiger partial charge in [0.1, 0.15) is 5.75 Å². The van der Waals surface area contributed by atoms with Crippen LogP contribution < -0.4 is 4.74 Å². The molecule has 5 heteroatoms. The van der Waals surface area contributed by atoms with E-state index in [0.717, 1.165) is 5.75 Å². The number of nitrogens with zero attached hydrogens (tertiary/aromatic N) is 1. The van der Waals surface area contributed by atoms with E-state index < -0.39 is 5.97 Å². The number of pyridine rings is 1. The average molecular weight is 213 g/mol. The van der Waals surface area contributed by atoms with Gasteiger partial charge < -0.3 is 9.84 Å². The highest BCUT2D eigenvalue weighted by Gasteiger charge is 2.04. The van der Waals surface area contributed by atoms with Gasteiger partial charge in [0.2, 0.25) is 0 Å². The fourth-order valence-corrected chi connectivity index (χ4v) is 1.11. The van der Waals surface area contributed by atoms with Gasteiger partial charge in [0.25, 0.3) is 0 Å². The summed E-state index contributed by atoms with van der Waals surface area (Å²) in [4.78, 5) is 14.4. The fourth-order valence-electron chi connectivity index (χ4n) is 0.858. The molecule has 1 heterocycles. The summed E-state index contributed by atoms with van der Waals surface area (Å²) < 4.78 is 5.29. The maximum atomic E-state index is 10.6. The van der Waals surface area contributed by atoms with Crippen molar-refractivity contribution in [3.05, 3.63) is 24.0 Å². The lowest BCUT2D eigenvalue weighted by Gasteiger charge is -2.04. The van der Waals surface area contributed by atoms with Gasteiger partial charge in [-0.1, -0.05) is 0 Å². The fraction of sp³-hybridized carbons (Fsp3) is 0.333. The lowest BCUT2D eigenvalue weighted by molar-refractivity contribution is 0.0696. The quantitative estimate of drug-likeness (QED) is 0.751. The molecule has 0 fully saturated rings. The molecule has 0 bridgehead atoms. The van der Waals surface area contributed by atoms with E-state index in [1.54, 1.807) is 11.8 Å². The van der Waals surface area contributed by atoms with Crippen molar-refractivity contribution in [2.75, 3.05) is 18.6 Å². The Kier molecular flexibility index (Phi) is 4.25. The largest absolute Gasteiger partial charge is 0.491 e. The predicted molar refractivity (Wildman–Crippen MR) is 55.1 cm³/mol. The number of aromatic nitrogens is 1. The number of carboxylic acids is 1. The first-order chi connectivity index (χ1) is 6.74. The number of carboxylic acid groups (broad SMARTS) is 1. The average Bonchev–Trinajstić information content (AvgIpc) is 2.19. The number of hydrogen-bond donors (Lipinski definition) is 1. The van der Waals surface area contributed by atoms with Crippen LogP contribution in [0.2, 0.25) is 0 Å². The summed E-state index contributed by atoms with van der Waals surface area (Å²) in [5.41, 5.74) is 0.145. The standard InChI is InChI=1S/C9H11NO3S/c1-14-3-2-13-8-4-7(9(11)12)5-10-6-8/h4-6H,2-3H2,1H3,(H,11,12). The number of aromatic carboxylic acids is 1. The van der Waals surface area contributed by atoms with Crippen LogP contribution >= 0.6 is 11.8 Å². The molecule has 0 atom stereocenters. The molecule has 0 unspecified atom stereocenters. The molecule has 0 aliphatic heterocycles. The molecule has 0 aliphatic carbocycles. The monoisotopic (exact) mass is 213 g/mol. The van der Waals surface area contributed by atoms with Crippen molar-refractivity contribution in [3.8, 4) is 5.75 Å². The molecular formula is C9H11NO3S. The zero-order valence-corrected chi connectivity index (χ0v) is 8.58. The second kappa shape index (κ2) is 5.49. The molecule has 0 saturated heterocycles. The van der Waals surface area contributed by atoms with Crippen molar-refractivity contribution in [1.29, 1.82) is 0 Å². The molecule has 76 valence electrons. The maximum Gasteiger partial charge on any atom is 0.337 e. The SMILES string of the molecule is CSCCOc1cncc(C(=O)O)c1. The molecule has 1 rings (SSSR count). The summed E-state index contributed by atoms with van der Waals surface area (Å²) >= 11 is 1.67. The summed E-state index contributed by atoms with van der Waals surface area (Å²) in [5, 5.41) is 8.68. The molecule has 1 aromatic heterocycles. The molecule has 14 heavy (non-hydrogen) atoms. The Morgan fingerprint density at radius 1 is 1.64 bits per heavy atom. The van der Waals surface area contributed by atoms with E-state index in [9.17, 15) is 4.79 Å². The van der Waals surface area contributed by atoms with E-state index in [1.807, 2.05) is 6.26 Å². The van der Waals surface area contributed by atoms with Gasteiger partial charge in [-0.05, 0) is 12.3 Å². The number of hydrogen-bond acceptors (Lipinski definition) is 4. The minimum Gasteiger partial charge on any atom is -0.491 e. The molecule has 1 aromatic rings. The zero-order valence-electron chi connectivity index (χ0n) is 7.77. The first-order valence-corrected chi connectivity index (χ1v) is 5.43. The maximum absolute atomic E-state index is 10.6. The first kappa shape index (κ1) is 10.8. The number of thioether (sulfide) groups is 1. The van der Waals surface area contributed by atoms with Crippen LogP contribution in [0.4, 0.5) is 0 Å². The lowest BCUT2D eigenvalue weighted by Crippen LogP contribution is -2.02. The van der Waals surface area contributed by atoms with Crippen molar-refractivity contribution in [3.63, 3.8) is 0 Å². The molecule has 0 amide bonds. The van der Waals surface area contributed by atoms with E-state index in [4.69, 9.17) is 9.84 Å². The zero-order chi connectivity index (χ0) is 10.4. The third-order valence-electron chi connectivity index (χ3n) is 1.52. The Balaban J connectivity index is 2.59. The second-order valence-electron chi connectivity index (χ2n) is 2.56. The number of ether oxygens (including phenoxy) is 1. The summed E-state index contributed by atoms with van der Waals surface area (Å²) in [5.74, 6) is 0.379. The number of rotatable bonds is 5. The van der Waals surface area contributed by atoms with Crippen LogP contribution in [0.25, 0.3) is 0 Å². The Labute approximate surface area is 86.3 Å². The van der Waals surface area contributed by atoms with E-state index in [1.165, 1.54) is 18.5 Å². The molecular weight excluding hydrogens is 202 g/mol. The van der Waals surface area contributed by atoms with Crippen LogP contribution in [0.15, 0.2) is 18.5 Å². The molecule has 0 aliphatic rings. The smallest absolute Gasteiger partial charge is 0.337 e. The Morgan fingerprint density at radius 3 is 3.07 bits per heavy atom. The molecule has 4 nitrogen and oxygen atoms in total. The van der Waals surface area contributed by atoms with Crippen LogP contribution in [0.5, 0.6) is 5.75 Å². The summed E-state index contributed by atoms with van der Waals surface area (Å²) in [6, 6.07) is 1.47. The van der Waals surface area contributed by atoms with Crippen LogP contribution in [-0.2, 0) is 0 Å². The second-order valence-corrected chi connectivity index (χ2v) is 3.54. The van der Waals surface area contributed by atoms with Crippen molar-refractivity contribution in [2.24, 2.45) is 0 Å². The van der Waals surface area contributed by atoms with E-state index in [2.05, 4.69) is 4.98 Å². The summed E-state index contributed by atoms with van der Waals surface area (Å²) in [6.45, 7) is 0.561. The highest BCUT2D eigenvalue weighted by molar-refractivity contribution is 7.98. The molecule has 0 saturated carbocycles. The van der Waals surface area contributed by atoms with Crippen molar-refractivity contribution in [2.45, 2.75) is 0 Å². The predicted octanol–water partition coefficient (Wildman–Crippen LogP) is 1.52. The van der Waals surface area contributed by atoms with Gasteiger partial charge in [0, 0.05) is 11.9 Å². The van der Waals surface area contributed by atoms with Crippen LogP contribution in [0.1, 0.15) is 10.4 Å². The van der Waals surface area contributed by atoms with E-state index in [0.29, 0.717) is 12.4 Å². The van der Waals surface area contributed by atoms with Crippen LogP contribution in [0.3, 0.4) is 0 Å². The highest BCUT2D eigenvalue weighted by Crippen LogP contribution is 2.11. The number of carbonyl (C=O) groups is 1. The molecule has 0 spiro atoms. The van der Waals surface area contributed by atoms with Gasteiger partial charge >= 0.3 is 5.97 Å². The van der Waals surface area contributed by atoms with Gasteiger partial charge in [0.05, 0.1) is 18.4 Å². The third-order valence-corrected chi connectivity index (χ3v) is 2.09. The van der Waals surface area contributed by atoms with Gasteiger partial charge in [0.15, 0.2) is 0 Å². The van der Waals surface area contributed by atoms with Crippen molar-refractivity contribution < 1.29 is 14.6 Å². The Bertz CT molecular complexity index is 317. The molecule has 1 N–H and O–H groups in total. The third kappa shape index (κ3) is 3.26. The minimum atomic E-state index is -0.993. The molecule has 0 aromatic carbocycles. The van der Waals surface area contributed by atoms with Crippen molar-refractivity contribution in [1.82, 2.24) is 4.98 Å². The van der Waals surface area contributed by atoms with Crippen molar-refractivity contribution >= 4 is 17.7 Å². The summed E-state index contributed by atoms with van der Waals surface area (Å²) in [7, 11) is 0. The van der Waals surface area contributed by atoms with Gasteiger partial charge in [-0.3, -0.25) is 4.98 Å². The normalized spacial score (nSPS) is 9.79. The first-order valence-electron chi connectivity index (χ1n) is 4.04. The van der Waals surface area contributed by atoms with Gasteiger partial charge in [-0.2, -0.15) is 11.8 Å². The van der Waals surface area contributed by atoms with Crippen LogP contribution in [0, 0.1) is 0 Å². The topological polar surface area (TPSA) is 59.4 Å². The minimum absolute atomic E-state index is 0.145. The van der Waals surface area contributed by atoms with E-state index >= 15 is 0 Å². The van der Waals surface area contributed by atoms with Gasteiger partial charge in [-0.15, -0.1) is 0 Å². The Hall–Kier alpha value is -1.23. The summed E-state index contributed by atoms with van der Waals surface area (Å²) in [6.07, 6.45) is 4.78.